The van der Waals surface area contributed by atoms with Crippen LogP contribution in [0.5, 0.6) is 0 Å². The van der Waals surface area contributed by atoms with E-state index in [4.69, 9.17) is 0 Å². The van der Waals surface area contributed by atoms with Gasteiger partial charge >= 0.3 is 0 Å². The fourth-order valence-corrected chi connectivity index (χ4v) is 5.54. The first-order chi connectivity index (χ1) is 10.0. The van der Waals surface area contributed by atoms with Gasteiger partial charge in [0.1, 0.15) is 0 Å². The minimum atomic E-state index is -0.0150. The molecule has 5 rings (SSSR count). The average Bonchev–Trinajstić information content (AvgIpc) is 2.72. The molecule has 112 valence electrons. The smallest absolute Gasteiger partial charge is 0.161 e. The Hall–Kier alpha value is -1.38. The van der Waals surface area contributed by atoms with E-state index >= 15 is 0 Å². The standard InChI is InChI=1S/C18H24N2O/c1-12-5-16(20(2)19-12)3-4-17(21)18-9-13-6-14(10-18)8-15(7-13)11-18/h3-5,13-15H,6-11H2,1-2H3. The fourth-order valence-electron chi connectivity index (χ4n) is 5.54. The maximum Gasteiger partial charge on any atom is 0.161 e. The molecule has 4 aliphatic carbocycles. The van der Waals surface area contributed by atoms with Crippen molar-refractivity contribution in [3.8, 4) is 0 Å². The molecular formula is C18H24N2O. The van der Waals surface area contributed by atoms with E-state index in [0.29, 0.717) is 5.78 Å². The summed E-state index contributed by atoms with van der Waals surface area (Å²) in [5.41, 5.74) is 2.00. The highest BCUT2D eigenvalue weighted by Crippen LogP contribution is 2.60. The third-order valence-electron chi connectivity index (χ3n) is 6.00. The Balaban J connectivity index is 1.56. The largest absolute Gasteiger partial charge is 0.294 e. The van der Waals surface area contributed by atoms with Crippen molar-refractivity contribution in [3.05, 3.63) is 23.5 Å². The molecule has 4 bridgehead atoms. The summed E-state index contributed by atoms with van der Waals surface area (Å²) in [5.74, 6) is 2.85. The van der Waals surface area contributed by atoms with Crippen LogP contribution in [0, 0.1) is 30.1 Å². The van der Waals surface area contributed by atoms with Crippen LogP contribution in [0.1, 0.15) is 49.9 Å². The van der Waals surface area contributed by atoms with E-state index in [1.165, 1.54) is 19.3 Å². The zero-order valence-corrected chi connectivity index (χ0v) is 13.0. The van der Waals surface area contributed by atoms with Crippen LogP contribution in [0.3, 0.4) is 0 Å². The van der Waals surface area contributed by atoms with Crippen molar-refractivity contribution >= 4 is 11.9 Å². The molecule has 0 saturated heterocycles. The predicted molar refractivity (Wildman–Crippen MR) is 82.6 cm³/mol. The van der Waals surface area contributed by atoms with Crippen LogP contribution < -0.4 is 0 Å². The van der Waals surface area contributed by atoms with E-state index in [-0.39, 0.29) is 5.41 Å². The second-order valence-corrected chi connectivity index (χ2v) is 7.73. The van der Waals surface area contributed by atoms with Gasteiger partial charge in [-0.2, -0.15) is 5.10 Å². The summed E-state index contributed by atoms with van der Waals surface area (Å²) in [6.07, 6.45) is 11.4. The molecule has 1 heterocycles. The van der Waals surface area contributed by atoms with Gasteiger partial charge in [0.15, 0.2) is 5.78 Å². The summed E-state index contributed by atoms with van der Waals surface area (Å²) in [4.78, 5) is 12.9. The molecule has 4 fully saturated rings. The van der Waals surface area contributed by atoms with E-state index in [2.05, 4.69) is 5.10 Å². The normalized spacial score (nSPS) is 37.5. The van der Waals surface area contributed by atoms with Crippen LogP contribution in [0.4, 0.5) is 0 Å². The Morgan fingerprint density at radius 2 is 1.81 bits per heavy atom. The van der Waals surface area contributed by atoms with Gasteiger partial charge < -0.3 is 0 Å². The number of hydrogen-bond donors (Lipinski definition) is 0. The van der Waals surface area contributed by atoms with Gasteiger partial charge in [-0.05, 0) is 81.4 Å². The molecule has 0 amide bonds. The van der Waals surface area contributed by atoms with Gasteiger partial charge in [-0.25, -0.2) is 0 Å². The third-order valence-corrected chi connectivity index (χ3v) is 6.00. The highest BCUT2D eigenvalue weighted by atomic mass is 16.1. The van der Waals surface area contributed by atoms with Gasteiger partial charge in [-0.3, -0.25) is 9.48 Å². The lowest BCUT2D eigenvalue weighted by Crippen LogP contribution is -2.49. The minimum absolute atomic E-state index is 0.0150. The van der Waals surface area contributed by atoms with Crippen LogP contribution in [0.15, 0.2) is 12.1 Å². The monoisotopic (exact) mass is 284 g/mol. The highest BCUT2D eigenvalue weighted by Gasteiger charge is 2.53. The lowest BCUT2D eigenvalue weighted by molar-refractivity contribution is -0.138. The fraction of sp³-hybridized carbons (Fsp3) is 0.667. The van der Waals surface area contributed by atoms with E-state index in [9.17, 15) is 4.79 Å². The van der Waals surface area contributed by atoms with Crippen LogP contribution in [0.2, 0.25) is 0 Å². The van der Waals surface area contributed by atoms with Crippen molar-refractivity contribution in [2.24, 2.45) is 30.2 Å². The number of aromatic nitrogens is 2. The van der Waals surface area contributed by atoms with Crippen molar-refractivity contribution in [2.75, 3.05) is 0 Å². The number of allylic oxidation sites excluding steroid dienone is 1. The molecule has 0 aromatic carbocycles. The number of nitrogens with zero attached hydrogens (tertiary/aromatic N) is 2. The van der Waals surface area contributed by atoms with Gasteiger partial charge in [-0.15, -0.1) is 0 Å². The minimum Gasteiger partial charge on any atom is -0.294 e. The lowest BCUT2D eigenvalue weighted by Gasteiger charge is -2.55. The molecule has 0 N–H and O–H groups in total. The van der Waals surface area contributed by atoms with Crippen molar-refractivity contribution in [2.45, 2.75) is 45.4 Å². The molecule has 0 radical (unpaired) electrons. The molecule has 0 atom stereocenters. The molecule has 21 heavy (non-hydrogen) atoms. The summed E-state index contributed by atoms with van der Waals surface area (Å²) >= 11 is 0. The summed E-state index contributed by atoms with van der Waals surface area (Å²) < 4.78 is 1.85. The van der Waals surface area contributed by atoms with Crippen LogP contribution >= 0.6 is 0 Å². The van der Waals surface area contributed by atoms with Gasteiger partial charge in [0.25, 0.3) is 0 Å². The molecule has 1 aromatic heterocycles. The third kappa shape index (κ3) is 2.18. The number of ketones is 1. The zero-order chi connectivity index (χ0) is 14.6. The lowest BCUT2D eigenvalue weighted by atomic mass is 9.48. The van der Waals surface area contributed by atoms with Crippen molar-refractivity contribution in [1.82, 2.24) is 9.78 Å². The number of carbonyl (C=O) groups is 1. The molecule has 4 saturated carbocycles. The van der Waals surface area contributed by atoms with Crippen LogP contribution in [-0.4, -0.2) is 15.6 Å². The first-order valence-electron chi connectivity index (χ1n) is 8.27. The SMILES string of the molecule is Cc1cc(C=CC(=O)C23CC4CC(CC(C4)C2)C3)n(C)n1. The maximum atomic E-state index is 12.9. The highest BCUT2D eigenvalue weighted by molar-refractivity contribution is 5.98. The van der Waals surface area contributed by atoms with Crippen LogP contribution in [0.25, 0.3) is 6.08 Å². The molecule has 1 aromatic rings. The number of rotatable bonds is 3. The van der Waals surface area contributed by atoms with Gasteiger partial charge in [0.2, 0.25) is 0 Å². The Kier molecular flexibility index (Phi) is 2.88. The Morgan fingerprint density at radius 1 is 1.24 bits per heavy atom. The van der Waals surface area contributed by atoms with E-state index in [1.807, 2.05) is 36.9 Å². The van der Waals surface area contributed by atoms with Gasteiger partial charge in [-0.1, -0.05) is 0 Å². The maximum absolute atomic E-state index is 12.9. The zero-order valence-electron chi connectivity index (χ0n) is 13.0. The van der Waals surface area contributed by atoms with Crippen molar-refractivity contribution in [1.29, 1.82) is 0 Å². The molecular weight excluding hydrogens is 260 g/mol. The molecule has 4 aliphatic rings. The summed E-state index contributed by atoms with van der Waals surface area (Å²) in [7, 11) is 1.93. The van der Waals surface area contributed by atoms with Gasteiger partial charge in [0, 0.05) is 12.5 Å². The second kappa shape index (κ2) is 4.56. The molecule has 3 nitrogen and oxygen atoms in total. The molecule has 0 unspecified atom stereocenters. The van der Waals surface area contributed by atoms with Crippen molar-refractivity contribution in [3.63, 3.8) is 0 Å². The predicted octanol–water partition coefficient (Wildman–Crippen LogP) is 3.53. The summed E-state index contributed by atoms with van der Waals surface area (Å²) in [6.45, 7) is 1.98. The molecule has 0 aliphatic heterocycles. The number of hydrogen-bond acceptors (Lipinski definition) is 2. The van der Waals surface area contributed by atoms with Crippen molar-refractivity contribution < 1.29 is 4.79 Å². The quantitative estimate of drug-likeness (QED) is 0.796. The second-order valence-electron chi connectivity index (χ2n) is 7.73. The van der Waals surface area contributed by atoms with E-state index in [1.54, 1.807) is 0 Å². The average molecular weight is 284 g/mol. The summed E-state index contributed by atoms with van der Waals surface area (Å²) in [5, 5.41) is 4.34. The number of aryl methyl sites for hydroxylation is 2. The Morgan fingerprint density at radius 3 is 2.29 bits per heavy atom. The van der Waals surface area contributed by atoms with E-state index < -0.39 is 0 Å². The van der Waals surface area contributed by atoms with Crippen LogP contribution in [-0.2, 0) is 11.8 Å². The Bertz CT molecular complexity index is 575. The Labute approximate surface area is 126 Å². The molecule has 3 heteroatoms. The summed E-state index contributed by atoms with van der Waals surface area (Å²) in [6, 6.07) is 2.03. The number of carbonyl (C=O) groups excluding carboxylic acids is 1. The topological polar surface area (TPSA) is 34.9 Å². The van der Waals surface area contributed by atoms with Gasteiger partial charge in [0.05, 0.1) is 11.4 Å². The van der Waals surface area contributed by atoms with E-state index in [0.717, 1.165) is 48.4 Å². The first kappa shape index (κ1) is 13.3. The first-order valence-corrected chi connectivity index (χ1v) is 8.27. The molecule has 0 spiro atoms.